The Morgan fingerprint density at radius 3 is 1.75 bits per heavy atom. The second-order valence-electron chi connectivity index (χ2n) is 28.6. The third-order valence-electron chi connectivity index (χ3n) is 18.7. The Kier molecular flexibility index (Phi) is 34.8. The second-order valence-corrected chi connectivity index (χ2v) is 28.6. The highest BCUT2D eigenvalue weighted by Crippen LogP contribution is 2.22. The van der Waals surface area contributed by atoms with Crippen LogP contribution in [-0.4, -0.2) is 226 Å². The van der Waals surface area contributed by atoms with E-state index in [1.54, 1.807) is 84.9 Å². The van der Waals surface area contributed by atoms with Gasteiger partial charge in [-0.15, -0.1) is 0 Å². The molecule has 0 saturated carbocycles. The maximum atomic E-state index is 15.4. The molecular weight excluding hydrogens is 1540 g/mol. The first-order chi connectivity index (χ1) is 55.7. The van der Waals surface area contributed by atoms with Crippen LogP contribution in [-0.2, 0) is 106 Å². The summed E-state index contributed by atoms with van der Waals surface area (Å²) in [4.78, 5) is 254. The van der Waals surface area contributed by atoms with Crippen molar-refractivity contribution in [3.05, 3.63) is 114 Å². The van der Waals surface area contributed by atoms with Crippen LogP contribution in [0.3, 0.4) is 0 Å². The Labute approximate surface area is 675 Å². The minimum atomic E-state index is -2.19. The Bertz CT molecular complexity index is 4570. The average molecular weight is 1640 g/mol. The number of aliphatic hydroxyl groups is 1. The quantitative estimate of drug-likeness (QED) is 0.0132. The maximum Gasteiger partial charge on any atom is 0.326 e. The van der Waals surface area contributed by atoms with Gasteiger partial charge in [0.25, 0.3) is 0 Å². The van der Waals surface area contributed by atoms with Gasteiger partial charge in [0.15, 0.2) is 5.96 Å². The molecular formula is C76H101N21O21. The highest BCUT2D eigenvalue weighted by Gasteiger charge is 2.41. The summed E-state index contributed by atoms with van der Waals surface area (Å²) < 4.78 is 5.37. The number of primary amides is 4. The largest absolute Gasteiger partial charge is 0.497 e. The number of aromatic amines is 1. The topological polar surface area (TPSA) is 695 Å². The highest BCUT2D eigenvalue weighted by atomic mass is 16.5. The van der Waals surface area contributed by atoms with E-state index < -0.39 is 255 Å². The summed E-state index contributed by atoms with van der Waals surface area (Å²) in [6.07, 6.45) is -8.08. The zero-order valence-electron chi connectivity index (χ0n) is 65.3. The number of rotatable bonds is 27. The molecule has 1 saturated heterocycles. The van der Waals surface area contributed by atoms with Gasteiger partial charge in [-0.05, 0) is 98.5 Å². The number of aliphatic hydroxyl groups excluding tert-OH is 1. The van der Waals surface area contributed by atoms with Crippen molar-refractivity contribution in [2.45, 2.75) is 189 Å². The second kappa shape index (κ2) is 44.2. The minimum absolute atomic E-state index is 0.0572. The Morgan fingerprint density at radius 2 is 1.14 bits per heavy atom. The van der Waals surface area contributed by atoms with Crippen LogP contribution >= 0.6 is 0 Å². The highest BCUT2D eigenvalue weighted by molar-refractivity contribution is 6.02. The number of hydrogen-bond donors (Lipinski definition) is 23. The van der Waals surface area contributed by atoms with Crippen LogP contribution in [0.5, 0.6) is 5.75 Å². The summed E-state index contributed by atoms with van der Waals surface area (Å²) >= 11 is 0. The predicted molar refractivity (Wildman–Crippen MR) is 421 cm³/mol. The number of carbonyl (C=O) groups excluding carboxylic acids is 17. The predicted octanol–water partition coefficient (Wildman–Crippen LogP) is -6.47. The monoisotopic (exact) mass is 1640 g/mol. The number of amides is 17. The van der Waals surface area contributed by atoms with Crippen molar-refractivity contribution in [2.24, 2.45) is 28.7 Å². The molecule has 17 amide bonds. The lowest BCUT2D eigenvalue weighted by Crippen LogP contribution is -2.64. The van der Waals surface area contributed by atoms with Gasteiger partial charge in [-0.2, -0.15) is 0 Å². The number of H-pyrrole nitrogens is 1. The van der Waals surface area contributed by atoms with E-state index in [1.807, 2.05) is 11.4 Å². The fraction of sp³-hybridized carbons (Fsp3) is 0.434. The van der Waals surface area contributed by atoms with Gasteiger partial charge in [0.05, 0.1) is 32.5 Å². The molecule has 0 radical (unpaired) electrons. The van der Waals surface area contributed by atoms with Crippen LogP contribution < -0.4 is 108 Å². The summed E-state index contributed by atoms with van der Waals surface area (Å²) in [5, 5.41) is 64.8. The van der Waals surface area contributed by atoms with Crippen LogP contribution in [0.1, 0.15) is 109 Å². The number of benzene rings is 4. The van der Waals surface area contributed by atoms with Gasteiger partial charge >= 0.3 is 5.97 Å². The van der Waals surface area contributed by atoms with E-state index >= 15 is 24.0 Å². The molecule has 0 bridgehead atoms. The number of nitrogens with one attached hydrogen (secondary N) is 16. The molecule has 28 N–H and O–H groups in total. The van der Waals surface area contributed by atoms with Gasteiger partial charge in [0, 0.05) is 69.2 Å². The lowest BCUT2D eigenvalue weighted by molar-refractivity contribution is -0.144. The maximum absolute atomic E-state index is 15.4. The summed E-state index contributed by atoms with van der Waals surface area (Å²) in [5.74, 6) is -21.6. The normalized spacial score (nSPS) is 21.4. The third-order valence-corrected chi connectivity index (χ3v) is 18.7. The zero-order valence-corrected chi connectivity index (χ0v) is 65.3. The first-order valence-corrected chi connectivity index (χ1v) is 37.4. The van der Waals surface area contributed by atoms with Crippen molar-refractivity contribution in [3.8, 4) is 5.75 Å². The number of aromatic nitrogens is 1. The number of aliphatic carboxylic acids is 1. The fourth-order valence-electron chi connectivity index (χ4n) is 12.4. The van der Waals surface area contributed by atoms with E-state index in [9.17, 15) is 72.5 Å². The summed E-state index contributed by atoms with van der Waals surface area (Å²) in [5.41, 5.74) is 27.0. The molecule has 2 unspecified atom stereocenters. The number of carboxylic acids is 1. The van der Waals surface area contributed by atoms with Gasteiger partial charge in [0.2, 0.25) is 100 Å². The molecule has 6 rings (SSSR count). The minimum Gasteiger partial charge on any atom is -0.497 e. The lowest BCUT2D eigenvalue weighted by Gasteiger charge is -2.31. The van der Waals surface area contributed by atoms with Gasteiger partial charge < -0.3 is 123 Å². The van der Waals surface area contributed by atoms with Gasteiger partial charge in [-0.25, -0.2) is 4.79 Å². The van der Waals surface area contributed by atoms with Crippen LogP contribution in [0.15, 0.2) is 97.2 Å². The molecule has 0 aliphatic carbocycles. The SMILES string of the molecule is COc1ccc(C[C@@H]2NC(=O)[C@H](CCCNC(=N)N)NC(=O)[C@H](CCC(N)=O)NC(=O)[C@H](Cc3c[nH]c4ccccc34)NC(=O)C([C@@H](C)O)NC(=O)[C@H](CC(N)=O)NC(=O)C(NC(C)=O)CCNC(=O)CC[C@H](C(=O)N[C@@H](CC(N)=O)C(=O)N[C@@H](CC(N)=O)C(=O)O)NC(=O)C(C)(C)NC(=O)[C@H](Cc3ccc4ccccc4c3)NC2=O)cc1. The van der Waals surface area contributed by atoms with Crippen LogP contribution in [0, 0.1) is 5.41 Å². The number of methoxy groups -OCH3 is 1. The molecule has 4 aromatic carbocycles. The van der Waals surface area contributed by atoms with Crippen molar-refractivity contribution >= 4 is 134 Å². The Balaban J connectivity index is 1.51. The summed E-state index contributed by atoms with van der Waals surface area (Å²) in [7, 11) is 1.40. The number of para-hydroxylation sites is 1. The smallest absolute Gasteiger partial charge is 0.326 e. The number of nitrogens with two attached hydrogens (primary N) is 5. The summed E-state index contributed by atoms with van der Waals surface area (Å²) in [6.45, 7) is 3.75. The average Bonchev–Trinajstić information content (AvgIpc) is 1.12. The molecule has 5 aromatic rings. The van der Waals surface area contributed by atoms with E-state index in [2.05, 4.69) is 74.1 Å². The lowest BCUT2D eigenvalue weighted by atomic mass is 9.97. The molecule has 118 heavy (non-hydrogen) atoms. The van der Waals surface area contributed by atoms with E-state index in [0.717, 1.165) is 33.1 Å². The Hall–Kier alpha value is -13.8. The van der Waals surface area contributed by atoms with Gasteiger partial charge in [-0.3, -0.25) is 86.9 Å². The summed E-state index contributed by atoms with van der Waals surface area (Å²) in [6, 6.07) is 4.61. The van der Waals surface area contributed by atoms with Crippen molar-refractivity contribution in [1.29, 1.82) is 5.41 Å². The van der Waals surface area contributed by atoms with Gasteiger partial charge in [0.1, 0.15) is 77.7 Å². The number of carbonyl (C=O) groups is 18. The van der Waals surface area contributed by atoms with Crippen LogP contribution in [0.2, 0.25) is 0 Å². The van der Waals surface area contributed by atoms with Crippen molar-refractivity contribution in [3.63, 3.8) is 0 Å². The van der Waals surface area contributed by atoms with E-state index in [1.165, 1.54) is 13.3 Å². The number of carboxylic acid groups (broad SMARTS) is 1. The molecule has 636 valence electrons. The number of ether oxygens (including phenoxy) is 1. The van der Waals surface area contributed by atoms with E-state index in [-0.39, 0.29) is 32.2 Å². The Morgan fingerprint density at radius 1 is 0.593 bits per heavy atom. The molecule has 12 atom stereocenters. The standard InChI is InChI=1S/C76H101N21O21/c1-37(98)62-72(114)93-53(32-43-36-85-46-14-9-8-13-45(43)46)68(110)88-48(22-24-57(77)100)64(106)87-47(15-10-27-84-75(81)82)63(105)89-51(30-39-17-20-44(118-5)21-18-39)67(109)90-52(31-40-16-19-41-11-6-7-12-42(41)29-40)71(113)97-76(3,4)74(117)95-49(65(107)91-54(33-58(78)101)69(111)94-56(73(115)116)35-60(80)103)23-25-61(104)83-28-26-50(86-38(2)99)66(108)92-55(34-59(79)102)70(112)96-62/h6-9,11-14,16-21,29,36-37,47-56,62,85,98H,10,15,22-28,30-35H2,1-5H3,(H2,77,100)(H2,78,101)(H2,79,102)(H2,80,103)(H,83,104)(H,86,99)(H,87,106)(H,88,110)(H,89,105)(H,90,109)(H,91,107)(H,92,108)(H,93,114)(H,94,111)(H,95,117)(H,96,112)(H,97,113)(H,115,116)(H4,81,82,84)/t37-,47+,48+,49-,50?,51+,52+,53+,54+,55+,56+,62?/m1/s1. The fourth-order valence-corrected chi connectivity index (χ4v) is 12.4. The van der Waals surface area contributed by atoms with E-state index in [0.29, 0.717) is 38.7 Å². The van der Waals surface area contributed by atoms with Crippen molar-refractivity contribution in [2.75, 3.05) is 20.2 Å². The number of fused-ring (bicyclic) bond motifs is 2. The molecule has 1 aliphatic rings. The molecule has 1 fully saturated rings. The van der Waals surface area contributed by atoms with Crippen LogP contribution in [0.4, 0.5) is 0 Å². The zero-order chi connectivity index (χ0) is 87.3. The van der Waals surface area contributed by atoms with Crippen molar-refractivity contribution in [1.82, 2.24) is 79.4 Å². The molecule has 0 spiro atoms. The molecule has 1 aliphatic heterocycles. The van der Waals surface area contributed by atoms with E-state index in [4.69, 9.17) is 38.8 Å². The first-order valence-electron chi connectivity index (χ1n) is 37.4. The van der Waals surface area contributed by atoms with Gasteiger partial charge in [-0.1, -0.05) is 72.8 Å². The first kappa shape index (κ1) is 93.0. The van der Waals surface area contributed by atoms with Crippen LogP contribution in [0.25, 0.3) is 21.7 Å². The number of guanidine groups is 1. The third kappa shape index (κ3) is 29.5. The molecule has 42 nitrogen and oxygen atoms in total. The number of hydrogen-bond acceptors (Lipinski definition) is 21. The molecule has 42 heteroatoms. The van der Waals surface area contributed by atoms with Crippen molar-refractivity contribution < 1.29 is 101 Å². The molecule has 1 aromatic heterocycles. The molecule has 2 heterocycles.